The second-order valence-corrected chi connectivity index (χ2v) is 3.27. The fourth-order valence-corrected chi connectivity index (χ4v) is 1.56. The van der Waals surface area contributed by atoms with Crippen molar-refractivity contribution in [3.05, 3.63) is 47.5 Å². The van der Waals surface area contributed by atoms with Gasteiger partial charge >= 0.3 is 0 Å². The zero-order valence-electron chi connectivity index (χ0n) is 7.94. The van der Waals surface area contributed by atoms with E-state index < -0.39 is 5.91 Å². The van der Waals surface area contributed by atoms with Crippen molar-refractivity contribution in [3.8, 4) is 0 Å². The molecule has 0 radical (unpaired) electrons. The first-order valence-corrected chi connectivity index (χ1v) is 4.50. The number of fused-ring (bicyclic) bond motifs is 1. The zero-order chi connectivity index (χ0) is 10.8. The van der Waals surface area contributed by atoms with Gasteiger partial charge in [-0.15, -0.1) is 0 Å². The maximum atomic E-state index is 11.0. The molecule has 74 valence electrons. The van der Waals surface area contributed by atoms with E-state index in [0.29, 0.717) is 11.1 Å². The molecule has 0 atom stereocenters. The third-order valence-electron chi connectivity index (χ3n) is 2.33. The van der Waals surface area contributed by atoms with E-state index in [-0.39, 0.29) is 0 Å². The third-order valence-corrected chi connectivity index (χ3v) is 2.33. The van der Waals surface area contributed by atoms with Gasteiger partial charge in [-0.05, 0) is 22.9 Å². The monoisotopic (exact) mass is 199 g/mol. The first kappa shape index (κ1) is 9.40. The minimum absolute atomic E-state index is 0.450. The summed E-state index contributed by atoms with van der Waals surface area (Å²) in [6.07, 6.45) is 0.798. The van der Waals surface area contributed by atoms with E-state index in [2.05, 4.69) is 0 Å². The van der Waals surface area contributed by atoms with Gasteiger partial charge in [0, 0.05) is 11.1 Å². The smallest absolute Gasteiger partial charge is 0.248 e. The molecule has 2 rings (SSSR count). The SMILES string of the molecule is NC(=O)c1ccc2c(C=O)cccc2c1. The van der Waals surface area contributed by atoms with Crippen molar-refractivity contribution in [1.82, 2.24) is 0 Å². The molecule has 0 aliphatic rings. The molecule has 2 N–H and O–H groups in total. The number of aldehydes is 1. The van der Waals surface area contributed by atoms with Gasteiger partial charge in [0.15, 0.2) is 6.29 Å². The Bertz CT molecular complexity index is 546. The fourth-order valence-electron chi connectivity index (χ4n) is 1.56. The number of rotatable bonds is 2. The summed E-state index contributed by atoms with van der Waals surface area (Å²) in [4.78, 5) is 21.7. The standard InChI is InChI=1S/C12H9NO2/c13-12(15)9-4-5-11-8(6-9)2-1-3-10(11)7-14/h1-7H,(H2,13,15). The van der Waals surface area contributed by atoms with Gasteiger partial charge in [-0.3, -0.25) is 9.59 Å². The molecule has 1 amide bonds. The van der Waals surface area contributed by atoms with E-state index in [1.807, 2.05) is 6.07 Å². The molecule has 0 spiro atoms. The molecule has 3 heteroatoms. The molecule has 0 aliphatic heterocycles. The topological polar surface area (TPSA) is 60.2 Å². The number of amides is 1. The summed E-state index contributed by atoms with van der Waals surface area (Å²) in [5.41, 5.74) is 6.23. The third kappa shape index (κ3) is 1.59. The van der Waals surface area contributed by atoms with E-state index in [0.717, 1.165) is 17.1 Å². The Hall–Kier alpha value is -2.16. The number of hydrogen-bond acceptors (Lipinski definition) is 2. The Balaban J connectivity index is 2.74. The predicted octanol–water partition coefficient (Wildman–Crippen LogP) is 1.75. The molecular formula is C12H9NO2. The lowest BCUT2D eigenvalue weighted by atomic mass is 10.0. The number of nitrogens with two attached hydrogens (primary N) is 1. The lowest BCUT2D eigenvalue weighted by molar-refractivity contribution is 0.1000. The Kier molecular flexibility index (Phi) is 2.21. The molecule has 0 aliphatic carbocycles. The van der Waals surface area contributed by atoms with Gasteiger partial charge < -0.3 is 5.73 Å². The molecular weight excluding hydrogens is 190 g/mol. The van der Waals surface area contributed by atoms with Crippen molar-refractivity contribution in [3.63, 3.8) is 0 Å². The van der Waals surface area contributed by atoms with Crippen molar-refractivity contribution in [2.45, 2.75) is 0 Å². The van der Waals surface area contributed by atoms with Gasteiger partial charge in [-0.1, -0.05) is 24.3 Å². The summed E-state index contributed by atoms with van der Waals surface area (Å²) in [7, 11) is 0. The quantitative estimate of drug-likeness (QED) is 0.749. The van der Waals surface area contributed by atoms with Crippen LogP contribution >= 0.6 is 0 Å². The van der Waals surface area contributed by atoms with Crippen LogP contribution in [-0.2, 0) is 0 Å². The highest BCUT2D eigenvalue weighted by Crippen LogP contribution is 2.18. The second-order valence-electron chi connectivity index (χ2n) is 3.27. The Labute approximate surface area is 86.5 Å². The van der Waals surface area contributed by atoms with Crippen LogP contribution in [0.5, 0.6) is 0 Å². The van der Waals surface area contributed by atoms with E-state index in [1.54, 1.807) is 30.3 Å². The largest absolute Gasteiger partial charge is 0.366 e. The summed E-state index contributed by atoms with van der Waals surface area (Å²) < 4.78 is 0. The number of primary amides is 1. The van der Waals surface area contributed by atoms with Crippen molar-refractivity contribution < 1.29 is 9.59 Å². The number of carbonyl (C=O) groups is 2. The maximum Gasteiger partial charge on any atom is 0.248 e. The molecule has 0 heterocycles. The summed E-state index contributed by atoms with van der Waals surface area (Å²) in [5, 5.41) is 1.67. The van der Waals surface area contributed by atoms with Crippen LogP contribution < -0.4 is 5.73 Å². The Morgan fingerprint density at radius 1 is 1.20 bits per heavy atom. The highest BCUT2D eigenvalue weighted by Gasteiger charge is 2.03. The average molecular weight is 199 g/mol. The average Bonchev–Trinajstić information content (AvgIpc) is 2.27. The van der Waals surface area contributed by atoms with Gasteiger partial charge in [-0.2, -0.15) is 0 Å². The molecule has 0 bridgehead atoms. The lowest BCUT2D eigenvalue weighted by Crippen LogP contribution is -2.10. The summed E-state index contributed by atoms with van der Waals surface area (Å²) in [5.74, 6) is -0.464. The normalized spacial score (nSPS) is 10.1. The summed E-state index contributed by atoms with van der Waals surface area (Å²) in [6.45, 7) is 0. The van der Waals surface area contributed by atoms with E-state index in [9.17, 15) is 9.59 Å². The molecule has 3 nitrogen and oxygen atoms in total. The number of carbonyl (C=O) groups excluding carboxylic acids is 2. The van der Waals surface area contributed by atoms with Gasteiger partial charge in [-0.25, -0.2) is 0 Å². The minimum Gasteiger partial charge on any atom is -0.366 e. The summed E-state index contributed by atoms with van der Waals surface area (Å²) in [6, 6.07) is 10.4. The van der Waals surface area contributed by atoms with Crippen LogP contribution in [0.3, 0.4) is 0 Å². The maximum absolute atomic E-state index is 11.0. The van der Waals surface area contributed by atoms with Crippen LogP contribution in [0.15, 0.2) is 36.4 Å². The van der Waals surface area contributed by atoms with Gasteiger partial charge in [0.2, 0.25) is 5.91 Å². The van der Waals surface area contributed by atoms with Crippen LogP contribution in [0, 0.1) is 0 Å². The molecule has 0 aromatic heterocycles. The second kappa shape index (κ2) is 3.53. The van der Waals surface area contributed by atoms with E-state index >= 15 is 0 Å². The molecule has 0 saturated carbocycles. The van der Waals surface area contributed by atoms with E-state index in [4.69, 9.17) is 5.73 Å². The molecule has 2 aromatic rings. The van der Waals surface area contributed by atoms with Crippen LogP contribution in [0.2, 0.25) is 0 Å². The summed E-state index contributed by atoms with van der Waals surface area (Å²) >= 11 is 0. The molecule has 2 aromatic carbocycles. The molecule has 0 saturated heterocycles. The zero-order valence-corrected chi connectivity index (χ0v) is 7.94. The van der Waals surface area contributed by atoms with Gasteiger partial charge in [0.1, 0.15) is 0 Å². The van der Waals surface area contributed by atoms with E-state index in [1.165, 1.54) is 0 Å². The van der Waals surface area contributed by atoms with Crippen LogP contribution in [0.4, 0.5) is 0 Å². The minimum atomic E-state index is -0.464. The molecule has 15 heavy (non-hydrogen) atoms. The number of benzene rings is 2. The molecule has 0 fully saturated rings. The number of hydrogen-bond donors (Lipinski definition) is 1. The fraction of sp³-hybridized carbons (Fsp3) is 0. The van der Waals surface area contributed by atoms with Crippen molar-refractivity contribution >= 4 is 23.0 Å². The van der Waals surface area contributed by atoms with Crippen LogP contribution in [-0.4, -0.2) is 12.2 Å². The van der Waals surface area contributed by atoms with Crippen molar-refractivity contribution in [2.24, 2.45) is 5.73 Å². The predicted molar refractivity (Wildman–Crippen MR) is 57.9 cm³/mol. The van der Waals surface area contributed by atoms with Gasteiger partial charge in [0.05, 0.1) is 0 Å². The van der Waals surface area contributed by atoms with Crippen LogP contribution in [0.1, 0.15) is 20.7 Å². The van der Waals surface area contributed by atoms with Crippen LogP contribution in [0.25, 0.3) is 10.8 Å². The van der Waals surface area contributed by atoms with Gasteiger partial charge in [0.25, 0.3) is 0 Å². The first-order chi connectivity index (χ1) is 7.22. The first-order valence-electron chi connectivity index (χ1n) is 4.50. The highest BCUT2D eigenvalue weighted by molar-refractivity contribution is 6.02. The highest BCUT2D eigenvalue weighted by atomic mass is 16.1. The van der Waals surface area contributed by atoms with Crippen molar-refractivity contribution in [1.29, 1.82) is 0 Å². The molecule has 0 unspecified atom stereocenters. The lowest BCUT2D eigenvalue weighted by Gasteiger charge is -2.02. The Morgan fingerprint density at radius 2 is 2.00 bits per heavy atom. The van der Waals surface area contributed by atoms with Crippen molar-refractivity contribution in [2.75, 3.05) is 0 Å². The Morgan fingerprint density at radius 3 is 2.67 bits per heavy atom.